The van der Waals surface area contributed by atoms with Crippen LogP contribution in [-0.2, 0) is 13.2 Å². The van der Waals surface area contributed by atoms with Gasteiger partial charge in [-0.2, -0.15) is 0 Å². The zero-order valence-electron chi connectivity index (χ0n) is 28.2. The molecule has 2 N–H and O–H groups in total. The van der Waals surface area contributed by atoms with Crippen molar-refractivity contribution in [1.29, 1.82) is 0 Å². The zero-order chi connectivity index (χ0) is 36.4. The third kappa shape index (κ3) is 6.72. The number of nitrogens with two attached hydrogens (primary N) is 1. The van der Waals surface area contributed by atoms with Gasteiger partial charge in [-0.3, -0.25) is 14.1 Å². The number of primary amides is 1. The van der Waals surface area contributed by atoms with Crippen LogP contribution in [-0.4, -0.2) is 61.6 Å². The summed E-state index contributed by atoms with van der Waals surface area (Å²) in [5, 5.41) is 8.26. The second-order valence-electron chi connectivity index (χ2n) is 11.8. The first-order chi connectivity index (χ1) is 25.2. The van der Waals surface area contributed by atoms with Crippen LogP contribution in [0.25, 0.3) is 28.5 Å². The van der Waals surface area contributed by atoms with Crippen LogP contribution in [0.3, 0.4) is 0 Å². The molecule has 0 aliphatic heterocycles. The Balaban J connectivity index is 1.33. The summed E-state index contributed by atoms with van der Waals surface area (Å²) in [5.74, 6) is -1.06. The fraction of sp³-hybridized carbons (Fsp3) is 0.135. The summed E-state index contributed by atoms with van der Waals surface area (Å²) in [6, 6.07) is 22.1. The molecule has 0 atom stereocenters. The number of ether oxygens (including phenoxy) is 2. The Kier molecular flexibility index (Phi) is 9.24. The highest BCUT2D eigenvalue weighted by atomic mass is 19.1. The van der Waals surface area contributed by atoms with Crippen molar-refractivity contribution < 1.29 is 27.5 Å². The van der Waals surface area contributed by atoms with Gasteiger partial charge >= 0.3 is 0 Å². The summed E-state index contributed by atoms with van der Waals surface area (Å²) in [7, 11) is 5.20. The van der Waals surface area contributed by atoms with Gasteiger partial charge in [-0.1, -0.05) is 18.2 Å². The van der Waals surface area contributed by atoms with E-state index in [4.69, 9.17) is 29.6 Å². The molecular weight excluding hydrogens is 672 g/mol. The van der Waals surface area contributed by atoms with Gasteiger partial charge in [0.1, 0.15) is 46.8 Å². The topological polar surface area (TPSA) is 150 Å². The third-order valence-electron chi connectivity index (χ3n) is 7.93. The molecule has 4 aromatic heterocycles. The van der Waals surface area contributed by atoms with Gasteiger partial charge in [0.2, 0.25) is 23.6 Å². The van der Waals surface area contributed by atoms with Crippen LogP contribution in [0.2, 0.25) is 0 Å². The minimum Gasteiger partial charge on any atom is -0.495 e. The molecule has 0 saturated carbocycles. The first-order valence-electron chi connectivity index (χ1n) is 15.9. The lowest BCUT2D eigenvalue weighted by atomic mass is 10.1. The molecule has 1 amide bonds. The molecule has 0 spiro atoms. The van der Waals surface area contributed by atoms with Crippen molar-refractivity contribution >= 4 is 28.9 Å². The molecule has 0 radical (unpaired) electrons. The van der Waals surface area contributed by atoms with Crippen LogP contribution < -0.4 is 20.1 Å². The highest BCUT2D eigenvalue weighted by molar-refractivity contribution is 5.93. The number of anilines is 3. The van der Waals surface area contributed by atoms with Crippen molar-refractivity contribution in [3.8, 4) is 34.3 Å². The van der Waals surface area contributed by atoms with Gasteiger partial charge in [0.15, 0.2) is 0 Å². The van der Waals surface area contributed by atoms with Gasteiger partial charge in [0.05, 0.1) is 30.7 Å². The van der Waals surface area contributed by atoms with E-state index in [9.17, 15) is 4.79 Å². The number of carbonyl (C=O) groups is 1. The van der Waals surface area contributed by atoms with Crippen molar-refractivity contribution in [1.82, 2.24) is 34.4 Å². The summed E-state index contributed by atoms with van der Waals surface area (Å²) in [5.41, 5.74) is 8.12. The molecule has 3 aromatic carbocycles. The highest BCUT2D eigenvalue weighted by Crippen LogP contribution is 2.43. The number of aromatic nitrogens is 6. The van der Waals surface area contributed by atoms with E-state index in [1.165, 1.54) is 24.3 Å². The molecule has 0 aliphatic rings. The maximum Gasteiger partial charge on any atom is 0.248 e. The Morgan fingerprint density at radius 3 is 2.52 bits per heavy atom. The number of hydrogen-bond donors (Lipinski definition) is 1. The number of fused-ring (bicyclic) bond motifs is 1. The number of methoxy groups -OCH3 is 1. The lowest BCUT2D eigenvalue weighted by Crippen LogP contribution is -2.17. The van der Waals surface area contributed by atoms with Crippen LogP contribution in [0.4, 0.5) is 26.1 Å². The number of hydrogen-bond acceptors (Lipinski definition) is 11. The lowest BCUT2D eigenvalue weighted by Gasteiger charge is -2.26. The lowest BCUT2D eigenvalue weighted by molar-refractivity contribution is 0.0999. The van der Waals surface area contributed by atoms with Crippen molar-refractivity contribution in [2.45, 2.75) is 13.2 Å². The fourth-order valence-electron chi connectivity index (χ4n) is 5.63. The van der Waals surface area contributed by atoms with Gasteiger partial charge in [-0.15, -0.1) is 10.2 Å². The molecule has 15 heteroatoms. The summed E-state index contributed by atoms with van der Waals surface area (Å²) >= 11 is 0. The average Bonchev–Trinajstić information content (AvgIpc) is 3.76. The summed E-state index contributed by atoms with van der Waals surface area (Å²) in [6.07, 6.45) is 3.30. The smallest absolute Gasteiger partial charge is 0.248 e. The summed E-state index contributed by atoms with van der Waals surface area (Å²) in [4.78, 5) is 29.0. The number of rotatable bonds is 12. The van der Waals surface area contributed by atoms with Crippen LogP contribution in [0.1, 0.15) is 21.9 Å². The van der Waals surface area contributed by atoms with Gasteiger partial charge < -0.3 is 24.5 Å². The van der Waals surface area contributed by atoms with E-state index in [2.05, 4.69) is 15.2 Å². The van der Waals surface area contributed by atoms with Gasteiger partial charge in [-0.25, -0.2) is 23.7 Å². The van der Waals surface area contributed by atoms with E-state index in [1.807, 2.05) is 47.8 Å². The largest absolute Gasteiger partial charge is 0.495 e. The zero-order valence-corrected chi connectivity index (χ0v) is 28.2. The molecule has 0 saturated heterocycles. The molecule has 4 heterocycles. The molecule has 7 rings (SSSR count). The normalized spacial score (nSPS) is 11.3. The van der Waals surface area contributed by atoms with Gasteiger partial charge in [0.25, 0.3) is 0 Å². The minimum absolute atomic E-state index is 0.00850. The van der Waals surface area contributed by atoms with E-state index < -0.39 is 23.2 Å². The van der Waals surface area contributed by atoms with Crippen LogP contribution in [0, 0.1) is 11.6 Å². The molecule has 0 aliphatic carbocycles. The van der Waals surface area contributed by atoms with Gasteiger partial charge in [0, 0.05) is 23.5 Å². The SMILES string of the molecule is COc1cc(-c2nnc(CN(C)C)o2)ccc1N(c1nccc(-c2c(COc3cccc(C(N)=O)c3)nc3ccccn23)n1)c1c(F)cccc1F. The molecule has 13 nitrogen and oxygen atoms in total. The predicted molar refractivity (Wildman–Crippen MR) is 187 cm³/mol. The van der Waals surface area contributed by atoms with Crippen molar-refractivity contribution in [2.24, 2.45) is 5.73 Å². The van der Waals surface area contributed by atoms with E-state index >= 15 is 8.78 Å². The maximum atomic E-state index is 15.7. The van der Waals surface area contributed by atoms with Crippen LogP contribution >= 0.6 is 0 Å². The second kappa shape index (κ2) is 14.2. The van der Waals surface area contributed by atoms with E-state index in [0.717, 1.165) is 12.1 Å². The molecule has 0 unspecified atom stereocenters. The summed E-state index contributed by atoms with van der Waals surface area (Å²) < 4.78 is 50.8. The van der Waals surface area contributed by atoms with E-state index in [1.54, 1.807) is 48.5 Å². The van der Waals surface area contributed by atoms with E-state index in [0.29, 0.717) is 52.0 Å². The molecular formula is C37H31F2N9O4. The summed E-state index contributed by atoms with van der Waals surface area (Å²) in [6.45, 7) is 0.435. The van der Waals surface area contributed by atoms with Gasteiger partial charge in [-0.05, 0) is 80.8 Å². The Hall–Kier alpha value is -6.74. The first-order valence-corrected chi connectivity index (χ1v) is 15.9. The number of imidazole rings is 1. The molecule has 7 aromatic rings. The Bertz CT molecular complexity index is 2390. The number of benzene rings is 3. The Morgan fingerprint density at radius 2 is 1.75 bits per heavy atom. The second-order valence-corrected chi connectivity index (χ2v) is 11.8. The number of amides is 1. The molecule has 0 bridgehead atoms. The van der Waals surface area contributed by atoms with Crippen molar-refractivity contribution in [3.63, 3.8) is 0 Å². The van der Waals surface area contributed by atoms with E-state index in [-0.39, 0.29) is 29.9 Å². The predicted octanol–water partition coefficient (Wildman–Crippen LogP) is 6.34. The maximum absolute atomic E-state index is 15.7. The number of halogens is 2. The monoisotopic (exact) mass is 703 g/mol. The number of nitrogens with zero attached hydrogens (tertiary/aromatic N) is 8. The average molecular weight is 704 g/mol. The quantitative estimate of drug-likeness (QED) is 0.152. The highest BCUT2D eigenvalue weighted by Gasteiger charge is 2.27. The van der Waals surface area contributed by atoms with Crippen LogP contribution in [0.5, 0.6) is 11.5 Å². The number of para-hydroxylation sites is 1. The van der Waals surface area contributed by atoms with Crippen molar-refractivity contribution in [2.75, 3.05) is 26.1 Å². The fourth-order valence-corrected chi connectivity index (χ4v) is 5.63. The first kappa shape index (κ1) is 33.7. The standard InChI is InChI=1S/C37H31F2N9O4/c1-46(2)20-32-44-45-36(52-32)23-13-14-29(30(19-23)50-3)48(33-25(38)10-7-11-26(33)39)37-41-16-15-27(43-37)34-28(42-31-12-4-5-17-47(31)34)21-51-24-9-6-8-22(18-24)35(40)49/h4-19H,20-21H2,1-3H3,(H2,40,49). The number of pyridine rings is 1. The molecule has 0 fully saturated rings. The third-order valence-corrected chi connectivity index (χ3v) is 7.93. The van der Waals surface area contributed by atoms with Crippen molar-refractivity contribution in [3.05, 3.63) is 126 Å². The Morgan fingerprint density at radius 1 is 0.942 bits per heavy atom. The van der Waals surface area contributed by atoms with Crippen LogP contribution in [0.15, 0.2) is 102 Å². The number of carbonyl (C=O) groups excluding carboxylic acids is 1. The molecule has 262 valence electrons. The Labute approximate surface area is 295 Å². The minimum atomic E-state index is -0.854. The molecule has 52 heavy (non-hydrogen) atoms.